The molecule has 0 radical (unpaired) electrons. The molecule has 0 bridgehead atoms. The highest BCUT2D eigenvalue weighted by Crippen LogP contribution is 2.29. The molecule has 0 atom stereocenters. The summed E-state index contributed by atoms with van der Waals surface area (Å²) in [6.45, 7) is 0. The summed E-state index contributed by atoms with van der Waals surface area (Å²) < 4.78 is 30.1. The van der Waals surface area contributed by atoms with E-state index in [1.165, 1.54) is 7.11 Å². The van der Waals surface area contributed by atoms with Crippen LogP contribution in [-0.4, -0.2) is 18.0 Å². The summed E-state index contributed by atoms with van der Waals surface area (Å²) in [5.41, 5.74) is 4.10. The molecule has 0 aromatic carbocycles. The number of methoxy groups -OCH3 is 1. The molecule has 82 valence electrons. The van der Waals surface area contributed by atoms with E-state index in [-0.39, 0.29) is 14.9 Å². The van der Waals surface area contributed by atoms with Crippen molar-refractivity contribution in [2.45, 2.75) is 6.43 Å². The zero-order valence-electron chi connectivity index (χ0n) is 7.63. The first-order valence-corrected chi connectivity index (χ1v) is 4.87. The van der Waals surface area contributed by atoms with Crippen LogP contribution in [0.25, 0.3) is 0 Å². The fourth-order valence-corrected chi connectivity index (χ4v) is 1.93. The SMILES string of the molecule is COc1cnc(C(F)F)c(C(N)=O)c1I. The first kappa shape index (κ1) is 12.1. The lowest BCUT2D eigenvalue weighted by molar-refractivity contribution is 0.0981. The van der Waals surface area contributed by atoms with Crippen molar-refractivity contribution in [2.24, 2.45) is 5.73 Å². The van der Waals surface area contributed by atoms with Gasteiger partial charge < -0.3 is 10.5 Å². The molecule has 0 fully saturated rings. The molecule has 0 spiro atoms. The zero-order chi connectivity index (χ0) is 11.6. The molecule has 0 saturated heterocycles. The van der Waals surface area contributed by atoms with Crippen LogP contribution in [0.1, 0.15) is 22.5 Å². The van der Waals surface area contributed by atoms with Crippen LogP contribution >= 0.6 is 22.6 Å². The smallest absolute Gasteiger partial charge is 0.281 e. The van der Waals surface area contributed by atoms with Crippen LogP contribution in [0.5, 0.6) is 5.75 Å². The van der Waals surface area contributed by atoms with Crippen molar-refractivity contribution in [1.82, 2.24) is 4.98 Å². The maximum atomic E-state index is 12.5. The van der Waals surface area contributed by atoms with E-state index >= 15 is 0 Å². The van der Waals surface area contributed by atoms with Gasteiger partial charge in [-0.2, -0.15) is 0 Å². The molecule has 7 heteroatoms. The fraction of sp³-hybridized carbons (Fsp3) is 0.250. The Balaban J connectivity index is 3.44. The predicted molar refractivity (Wildman–Crippen MR) is 57.0 cm³/mol. The summed E-state index contributed by atoms with van der Waals surface area (Å²) >= 11 is 1.72. The largest absolute Gasteiger partial charge is 0.494 e. The summed E-state index contributed by atoms with van der Waals surface area (Å²) in [6.07, 6.45) is -1.71. The Morgan fingerprint density at radius 2 is 2.27 bits per heavy atom. The quantitative estimate of drug-likeness (QED) is 0.860. The molecule has 1 aromatic heterocycles. The number of rotatable bonds is 3. The van der Waals surface area contributed by atoms with E-state index in [9.17, 15) is 13.6 Å². The molecule has 0 aliphatic heterocycles. The van der Waals surface area contributed by atoms with Gasteiger partial charge in [-0.15, -0.1) is 0 Å². The molecule has 0 unspecified atom stereocenters. The minimum atomic E-state index is -2.84. The number of pyridine rings is 1. The van der Waals surface area contributed by atoms with E-state index in [4.69, 9.17) is 10.5 Å². The van der Waals surface area contributed by atoms with Crippen LogP contribution in [0, 0.1) is 3.57 Å². The topological polar surface area (TPSA) is 65.2 Å². The van der Waals surface area contributed by atoms with Gasteiger partial charge in [-0.1, -0.05) is 0 Å². The Morgan fingerprint density at radius 1 is 1.67 bits per heavy atom. The summed E-state index contributed by atoms with van der Waals surface area (Å²) in [6, 6.07) is 0. The highest BCUT2D eigenvalue weighted by molar-refractivity contribution is 14.1. The van der Waals surface area contributed by atoms with Crippen LogP contribution in [0.3, 0.4) is 0 Å². The normalized spacial score (nSPS) is 10.5. The molecule has 1 aromatic rings. The average Bonchev–Trinajstić information content (AvgIpc) is 2.16. The number of amides is 1. The van der Waals surface area contributed by atoms with Gasteiger partial charge in [0.2, 0.25) is 0 Å². The number of primary amides is 1. The molecule has 0 aliphatic carbocycles. The Hall–Kier alpha value is -0.990. The van der Waals surface area contributed by atoms with Crippen LogP contribution in [-0.2, 0) is 0 Å². The van der Waals surface area contributed by atoms with Crippen molar-refractivity contribution in [1.29, 1.82) is 0 Å². The van der Waals surface area contributed by atoms with E-state index in [0.717, 1.165) is 6.20 Å². The highest BCUT2D eigenvalue weighted by atomic mass is 127. The summed E-state index contributed by atoms with van der Waals surface area (Å²) in [5.74, 6) is -0.699. The number of aromatic nitrogens is 1. The third-order valence-corrected chi connectivity index (χ3v) is 2.76. The second kappa shape index (κ2) is 4.69. The highest BCUT2D eigenvalue weighted by Gasteiger charge is 2.23. The molecule has 0 saturated carbocycles. The second-order valence-corrected chi connectivity index (χ2v) is 3.64. The number of hydrogen-bond acceptors (Lipinski definition) is 3. The average molecular weight is 328 g/mol. The minimum Gasteiger partial charge on any atom is -0.494 e. The minimum absolute atomic E-state index is 0.243. The van der Waals surface area contributed by atoms with Gasteiger partial charge in [0.25, 0.3) is 12.3 Å². The summed E-state index contributed by atoms with van der Waals surface area (Å²) in [5, 5.41) is 0. The molecule has 1 rings (SSSR count). The monoisotopic (exact) mass is 328 g/mol. The predicted octanol–water partition coefficient (Wildman–Crippen LogP) is 1.73. The molecular formula is C8H7F2IN2O2. The van der Waals surface area contributed by atoms with Crippen LogP contribution in [0.4, 0.5) is 8.78 Å². The first-order valence-electron chi connectivity index (χ1n) is 3.79. The van der Waals surface area contributed by atoms with Gasteiger partial charge in [0.05, 0.1) is 22.4 Å². The lowest BCUT2D eigenvalue weighted by atomic mass is 10.2. The second-order valence-electron chi connectivity index (χ2n) is 2.57. The van der Waals surface area contributed by atoms with Crippen molar-refractivity contribution in [3.63, 3.8) is 0 Å². The van der Waals surface area contributed by atoms with Gasteiger partial charge >= 0.3 is 0 Å². The van der Waals surface area contributed by atoms with Gasteiger partial charge in [-0.25, -0.2) is 8.78 Å². The van der Waals surface area contributed by atoms with Crippen molar-refractivity contribution in [3.05, 3.63) is 21.0 Å². The third-order valence-electron chi connectivity index (χ3n) is 1.69. The molecular weight excluding hydrogens is 321 g/mol. The van der Waals surface area contributed by atoms with E-state index in [2.05, 4.69) is 4.98 Å². The van der Waals surface area contributed by atoms with E-state index in [0.29, 0.717) is 0 Å². The number of halogens is 3. The van der Waals surface area contributed by atoms with Gasteiger partial charge in [0.15, 0.2) is 5.75 Å². The van der Waals surface area contributed by atoms with Gasteiger partial charge in [0, 0.05) is 0 Å². The first-order chi connectivity index (χ1) is 6.99. The zero-order valence-corrected chi connectivity index (χ0v) is 9.79. The summed E-state index contributed by atoms with van der Waals surface area (Å²) in [4.78, 5) is 14.5. The van der Waals surface area contributed by atoms with E-state index < -0.39 is 18.0 Å². The fourth-order valence-electron chi connectivity index (χ4n) is 1.03. The molecule has 1 heterocycles. The Kier molecular flexibility index (Phi) is 3.77. The summed E-state index contributed by atoms with van der Waals surface area (Å²) in [7, 11) is 1.35. The number of carbonyl (C=O) groups is 1. The number of carbonyl (C=O) groups excluding carboxylic acids is 1. The van der Waals surface area contributed by atoms with Gasteiger partial charge in [0.1, 0.15) is 5.69 Å². The lowest BCUT2D eigenvalue weighted by Crippen LogP contribution is -2.17. The molecule has 15 heavy (non-hydrogen) atoms. The number of ether oxygens (including phenoxy) is 1. The van der Waals surface area contributed by atoms with Crippen LogP contribution < -0.4 is 10.5 Å². The van der Waals surface area contributed by atoms with Crippen molar-refractivity contribution in [2.75, 3.05) is 7.11 Å². The van der Waals surface area contributed by atoms with Crippen molar-refractivity contribution in [3.8, 4) is 5.75 Å². The number of nitrogens with zero attached hydrogens (tertiary/aromatic N) is 1. The Labute approximate surface area is 98.0 Å². The Bertz CT molecular complexity index is 398. The van der Waals surface area contributed by atoms with Crippen LogP contribution in [0.15, 0.2) is 6.20 Å². The standard InChI is InChI=1S/C8H7F2IN2O2/c1-15-3-2-13-6(7(9)10)4(5(3)11)8(12)14/h2,7H,1H3,(H2,12,14). The van der Waals surface area contributed by atoms with E-state index in [1.807, 2.05) is 0 Å². The molecule has 0 aliphatic rings. The molecule has 2 N–H and O–H groups in total. The maximum absolute atomic E-state index is 12.5. The van der Waals surface area contributed by atoms with E-state index in [1.54, 1.807) is 22.6 Å². The van der Waals surface area contributed by atoms with Crippen molar-refractivity contribution < 1.29 is 18.3 Å². The molecule has 4 nitrogen and oxygen atoms in total. The maximum Gasteiger partial charge on any atom is 0.281 e. The van der Waals surface area contributed by atoms with Crippen LogP contribution in [0.2, 0.25) is 0 Å². The Morgan fingerprint density at radius 3 is 2.67 bits per heavy atom. The van der Waals surface area contributed by atoms with Gasteiger partial charge in [-0.05, 0) is 22.6 Å². The number of alkyl halides is 2. The number of hydrogen-bond donors (Lipinski definition) is 1. The lowest BCUT2D eigenvalue weighted by Gasteiger charge is -2.10. The van der Waals surface area contributed by atoms with Crippen molar-refractivity contribution >= 4 is 28.5 Å². The third kappa shape index (κ3) is 2.33. The molecule has 1 amide bonds. The number of nitrogens with two attached hydrogens (primary N) is 1. The van der Waals surface area contributed by atoms with Gasteiger partial charge in [-0.3, -0.25) is 9.78 Å².